The van der Waals surface area contributed by atoms with Crippen LogP contribution in [0.15, 0.2) is 79.4 Å². The molecule has 0 aliphatic carbocycles. The summed E-state index contributed by atoms with van der Waals surface area (Å²) in [6, 6.07) is 17.9. The Bertz CT molecular complexity index is 1440. The third-order valence-corrected chi connectivity index (χ3v) is 5.58. The number of aromatic nitrogens is 3. The fourth-order valence-electron chi connectivity index (χ4n) is 3.91. The Morgan fingerprint density at radius 3 is 2.28 bits per heavy atom. The first-order valence-electron chi connectivity index (χ1n) is 10.6. The van der Waals surface area contributed by atoms with Crippen LogP contribution in [0, 0.1) is 0 Å². The zero-order chi connectivity index (χ0) is 22.6. The Hall–Kier alpha value is -3.32. The van der Waals surface area contributed by atoms with Crippen LogP contribution in [0.3, 0.4) is 0 Å². The summed E-state index contributed by atoms with van der Waals surface area (Å²) in [6.45, 7) is 0.438. The number of rotatable bonds is 7. The van der Waals surface area contributed by atoms with Crippen molar-refractivity contribution in [3.05, 3.63) is 96.2 Å². The number of fused-ring (bicyclic) bond motifs is 2. The van der Waals surface area contributed by atoms with Gasteiger partial charge in [-0.2, -0.15) is 0 Å². The number of para-hydroxylation sites is 1. The summed E-state index contributed by atoms with van der Waals surface area (Å²) < 4.78 is 17.0. The van der Waals surface area contributed by atoms with Crippen molar-refractivity contribution >= 4 is 58.9 Å². The number of nitrogens with zero attached hydrogens (tertiary/aromatic N) is 3. The smallest absolute Gasteiger partial charge is 0.161 e. The molecule has 0 saturated heterocycles. The number of methoxy groups -OCH3 is 2. The van der Waals surface area contributed by atoms with Crippen LogP contribution in [-0.2, 0) is 13.0 Å². The molecule has 0 unspecified atom stereocenters. The highest BCUT2D eigenvalue weighted by Crippen LogP contribution is 2.34. The molecule has 3 heterocycles. The summed E-state index contributed by atoms with van der Waals surface area (Å²) in [5.41, 5.74) is 3.85. The number of hydrogen-bond acceptors (Lipinski definition) is 6. The first kappa shape index (κ1) is 28.9. The van der Waals surface area contributed by atoms with E-state index < -0.39 is 0 Å². The van der Waals surface area contributed by atoms with Gasteiger partial charge in [0.25, 0.3) is 0 Å². The van der Waals surface area contributed by atoms with Gasteiger partial charge in [-0.05, 0) is 41.3 Å². The number of benzene rings is 2. The minimum Gasteiger partial charge on any atom is -0.493 e. The number of pyridine rings is 3. The minimum atomic E-state index is 0. The fraction of sp³-hybridized carbons (Fsp3) is 0.148. The zero-order valence-electron chi connectivity index (χ0n) is 19.7. The van der Waals surface area contributed by atoms with E-state index in [1.807, 2.05) is 60.9 Å². The van der Waals surface area contributed by atoms with E-state index >= 15 is 0 Å². The van der Waals surface area contributed by atoms with Crippen molar-refractivity contribution in [3.63, 3.8) is 0 Å². The zero-order valence-corrected chi connectivity index (χ0v) is 22.2. The van der Waals surface area contributed by atoms with Crippen molar-refractivity contribution in [1.29, 1.82) is 0 Å². The maximum Gasteiger partial charge on any atom is 0.161 e. The van der Waals surface area contributed by atoms with Gasteiger partial charge in [0.2, 0.25) is 0 Å². The number of halogens is 3. The van der Waals surface area contributed by atoms with Gasteiger partial charge in [0.15, 0.2) is 11.5 Å². The normalized spacial score (nSPS) is 10.1. The van der Waals surface area contributed by atoms with Crippen molar-refractivity contribution in [2.45, 2.75) is 13.0 Å². The largest absolute Gasteiger partial charge is 0.493 e. The molecule has 3 aromatic heterocycles. The quantitative estimate of drug-likeness (QED) is 0.228. The predicted octanol–water partition coefficient (Wildman–Crippen LogP) is 6.63. The molecule has 0 radical (unpaired) electrons. The molecule has 0 fully saturated rings. The average Bonchev–Trinajstić information content (AvgIpc) is 2.87. The van der Waals surface area contributed by atoms with Crippen molar-refractivity contribution in [1.82, 2.24) is 15.0 Å². The van der Waals surface area contributed by atoms with E-state index in [1.165, 1.54) is 0 Å². The van der Waals surface area contributed by atoms with Gasteiger partial charge < -0.3 is 14.2 Å². The van der Waals surface area contributed by atoms with Gasteiger partial charge in [-0.15, -0.1) is 37.2 Å². The Balaban J connectivity index is 0.00000152. The molecular weight excluding hydrogens is 521 g/mol. The molecular formula is C27H26Cl3N3O3. The van der Waals surface area contributed by atoms with E-state index in [0.717, 1.165) is 44.2 Å². The van der Waals surface area contributed by atoms with Crippen molar-refractivity contribution in [2.24, 2.45) is 0 Å². The molecule has 36 heavy (non-hydrogen) atoms. The van der Waals surface area contributed by atoms with Crippen LogP contribution in [-0.4, -0.2) is 29.2 Å². The molecule has 9 heteroatoms. The lowest BCUT2D eigenvalue weighted by Crippen LogP contribution is -1.99. The van der Waals surface area contributed by atoms with E-state index in [4.69, 9.17) is 19.2 Å². The van der Waals surface area contributed by atoms with Crippen molar-refractivity contribution < 1.29 is 14.2 Å². The second-order valence-corrected chi connectivity index (χ2v) is 7.68. The van der Waals surface area contributed by atoms with Gasteiger partial charge in [0.05, 0.1) is 14.2 Å². The van der Waals surface area contributed by atoms with E-state index in [-0.39, 0.29) is 37.2 Å². The van der Waals surface area contributed by atoms with Crippen molar-refractivity contribution in [3.8, 4) is 17.2 Å². The third kappa shape index (κ3) is 6.08. The molecule has 0 aliphatic rings. The molecule has 0 spiro atoms. The summed E-state index contributed by atoms with van der Waals surface area (Å²) in [4.78, 5) is 13.5. The molecule has 0 saturated carbocycles. The van der Waals surface area contributed by atoms with Crippen LogP contribution in [0.5, 0.6) is 17.2 Å². The van der Waals surface area contributed by atoms with Gasteiger partial charge in [0.1, 0.15) is 17.9 Å². The highest BCUT2D eigenvalue weighted by molar-refractivity contribution is 5.89. The third-order valence-electron chi connectivity index (χ3n) is 5.58. The summed E-state index contributed by atoms with van der Waals surface area (Å²) in [5, 5.41) is 3.09. The monoisotopic (exact) mass is 545 g/mol. The topological polar surface area (TPSA) is 66.4 Å². The Kier molecular flexibility index (Phi) is 10.5. The van der Waals surface area contributed by atoms with E-state index in [9.17, 15) is 0 Å². The molecule has 0 amide bonds. The molecule has 5 rings (SSSR count). The van der Waals surface area contributed by atoms with Gasteiger partial charge >= 0.3 is 0 Å². The highest BCUT2D eigenvalue weighted by atomic mass is 35.5. The van der Waals surface area contributed by atoms with Crippen LogP contribution in [0.4, 0.5) is 0 Å². The number of hydrogen-bond donors (Lipinski definition) is 0. The maximum absolute atomic E-state index is 6.09. The van der Waals surface area contributed by atoms with Crippen LogP contribution in [0.25, 0.3) is 21.7 Å². The second kappa shape index (κ2) is 13.1. The minimum absolute atomic E-state index is 0. The van der Waals surface area contributed by atoms with Crippen LogP contribution < -0.4 is 14.2 Å². The average molecular weight is 547 g/mol. The van der Waals surface area contributed by atoms with E-state index in [2.05, 4.69) is 16.0 Å². The molecule has 0 atom stereocenters. The SMILES string of the molecule is COc1cc2cncc(Cc3ccc4cccc(OCc5cccnc5)c4n3)c2cc1OC.Cl.Cl.Cl. The van der Waals surface area contributed by atoms with Crippen LogP contribution in [0.2, 0.25) is 0 Å². The summed E-state index contributed by atoms with van der Waals surface area (Å²) in [5.74, 6) is 2.12. The molecule has 2 aromatic carbocycles. The van der Waals surface area contributed by atoms with Crippen LogP contribution in [0.1, 0.15) is 16.8 Å². The maximum atomic E-state index is 6.09. The lowest BCUT2D eigenvalue weighted by atomic mass is 10.0. The first-order chi connectivity index (χ1) is 16.2. The second-order valence-electron chi connectivity index (χ2n) is 7.68. The molecule has 0 bridgehead atoms. The molecule has 5 aromatic rings. The van der Waals surface area contributed by atoms with Gasteiger partial charge in [-0.25, -0.2) is 4.98 Å². The first-order valence-corrected chi connectivity index (χ1v) is 10.6. The Labute approximate surface area is 228 Å². The molecule has 0 N–H and O–H groups in total. The van der Waals surface area contributed by atoms with Gasteiger partial charge in [-0.3, -0.25) is 9.97 Å². The van der Waals surface area contributed by atoms with E-state index in [1.54, 1.807) is 26.6 Å². The van der Waals surface area contributed by atoms with Crippen molar-refractivity contribution in [2.75, 3.05) is 14.2 Å². The molecule has 188 valence electrons. The lowest BCUT2D eigenvalue weighted by Gasteiger charge is -2.12. The summed E-state index contributed by atoms with van der Waals surface area (Å²) in [6.07, 6.45) is 7.90. The molecule has 6 nitrogen and oxygen atoms in total. The van der Waals surface area contributed by atoms with Crippen LogP contribution >= 0.6 is 37.2 Å². The highest BCUT2D eigenvalue weighted by Gasteiger charge is 2.12. The lowest BCUT2D eigenvalue weighted by molar-refractivity contribution is 0.309. The standard InChI is InChI=1S/C27H23N3O3.3ClH/c1-31-25-12-21-16-29-15-20(23(21)13-26(25)32-2)11-22-9-8-19-6-3-7-24(27(19)30-22)33-17-18-5-4-10-28-14-18;;;/h3-10,12-16H,11,17H2,1-2H3;3*1H. The predicted molar refractivity (Wildman–Crippen MR) is 150 cm³/mol. The summed E-state index contributed by atoms with van der Waals surface area (Å²) in [7, 11) is 3.27. The summed E-state index contributed by atoms with van der Waals surface area (Å²) >= 11 is 0. The number of ether oxygens (including phenoxy) is 3. The molecule has 0 aliphatic heterocycles. The fourth-order valence-corrected chi connectivity index (χ4v) is 3.91. The van der Waals surface area contributed by atoms with E-state index in [0.29, 0.717) is 24.5 Å². The van der Waals surface area contributed by atoms with Gasteiger partial charge in [0, 0.05) is 53.2 Å². The Morgan fingerprint density at radius 2 is 1.53 bits per heavy atom. The van der Waals surface area contributed by atoms with Gasteiger partial charge in [-0.1, -0.05) is 24.3 Å². The Morgan fingerprint density at radius 1 is 0.722 bits per heavy atom.